The zero-order chi connectivity index (χ0) is 11.6. The molecule has 82 valence electrons. The van der Waals surface area contributed by atoms with Gasteiger partial charge in [0.25, 0.3) is 0 Å². The second kappa shape index (κ2) is 4.23. The molecule has 0 aliphatic carbocycles. The number of Topliss-reactive ketones (excluding diaryl/α,β-unsaturated/α-hetero) is 1. The van der Waals surface area contributed by atoms with Gasteiger partial charge in [-0.2, -0.15) is 0 Å². The van der Waals surface area contributed by atoms with Crippen LogP contribution >= 0.6 is 11.6 Å². The number of carbonyl (C=O) groups is 1. The van der Waals surface area contributed by atoms with Crippen LogP contribution < -0.4 is 4.74 Å². The Bertz CT molecular complexity index is 378. The van der Waals surface area contributed by atoms with Crippen molar-refractivity contribution in [1.82, 2.24) is 0 Å². The number of hydrogen-bond acceptors (Lipinski definition) is 2. The molecule has 0 unspecified atom stereocenters. The Labute approximate surface area is 95.2 Å². The molecule has 0 fully saturated rings. The van der Waals surface area contributed by atoms with E-state index in [-0.39, 0.29) is 5.78 Å². The van der Waals surface area contributed by atoms with E-state index in [1.807, 2.05) is 20.8 Å². The van der Waals surface area contributed by atoms with E-state index >= 15 is 0 Å². The average Bonchev–Trinajstić information content (AvgIpc) is 2.16. The Hall–Kier alpha value is -1.02. The summed E-state index contributed by atoms with van der Waals surface area (Å²) in [6.45, 7) is 5.66. The van der Waals surface area contributed by atoms with Crippen molar-refractivity contribution in [3.8, 4) is 5.75 Å². The molecule has 0 heterocycles. The normalized spacial score (nSPS) is 11.3. The maximum Gasteiger partial charge on any atom is 0.168 e. The first kappa shape index (κ1) is 12.1. The summed E-state index contributed by atoms with van der Waals surface area (Å²) in [5.74, 6) is 0.615. The van der Waals surface area contributed by atoms with Crippen molar-refractivity contribution in [2.24, 2.45) is 5.41 Å². The molecular weight excluding hydrogens is 212 g/mol. The topological polar surface area (TPSA) is 26.3 Å². The lowest BCUT2D eigenvalue weighted by atomic mass is 9.86. The third kappa shape index (κ3) is 2.72. The van der Waals surface area contributed by atoms with Crippen molar-refractivity contribution in [3.05, 3.63) is 28.8 Å². The van der Waals surface area contributed by atoms with Gasteiger partial charge in [-0.25, -0.2) is 0 Å². The molecule has 0 aromatic heterocycles. The highest BCUT2D eigenvalue weighted by Crippen LogP contribution is 2.28. The molecule has 0 spiro atoms. The first-order valence-electron chi connectivity index (χ1n) is 4.74. The minimum absolute atomic E-state index is 0.0810. The van der Waals surface area contributed by atoms with Crippen LogP contribution in [0.2, 0.25) is 5.02 Å². The number of halogens is 1. The van der Waals surface area contributed by atoms with Crippen LogP contribution in [-0.2, 0) is 0 Å². The second-order valence-corrected chi connectivity index (χ2v) is 4.84. The minimum Gasteiger partial charge on any atom is -0.495 e. The first-order chi connectivity index (χ1) is 6.86. The fourth-order valence-corrected chi connectivity index (χ4v) is 1.43. The Morgan fingerprint density at radius 2 is 1.93 bits per heavy atom. The Balaban J connectivity index is 3.12. The second-order valence-electron chi connectivity index (χ2n) is 4.43. The summed E-state index contributed by atoms with van der Waals surface area (Å²) >= 11 is 5.88. The predicted octanol–water partition coefficient (Wildman–Crippen LogP) is 3.58. The summed E-state index contributed by atoms with van der Waals surface area (Å²) in [4.78, 5) is 11.9. The van der Waals surface area contributed by atoms with Gasteiger partial charge in [0.15, 0.2) is 5.78 Å². The molecule has 2 nitrogen and oxygen atoms in total. The van der Waals surface area contributed by atoms with Crippen molar-refractivity contribution in [2.75, 3.05) is 7.11 Å². The van der Waals surface area contributed by atoms with E-state index in [0.717, 1.165) is 0 Å². The van der Waals surface area contributed by atoms with Crippen molar-refractivity contribution in [1.29, 1.82) is 0 Å². The van der Waals surface area contributed by atoms with Crippen molar-refractivity contribution >= 4 is 17.4 Å². The SMILES string of the molecule is COc1cc(C(=O)C(C)(C)C)ccc1Cl. The molecule has 0 saturated heterocycles. The standard InChI is InChI=1S/C12H15ClO2/c1-12(2,3)11(14)8-5-6-9(13)10(7-8)15-4/h5-7H,1-4H3. The van der Waals surface area contributed by atoms with Gasteiger partial charge in [0, 0.05) is 11.0 Å². The molecule has 0 saturated carbocycles. The van der Waals surface area contributed by atoms with E-state index in [4.69, 9.17) is 16.3 Å². The smallest absolute Gasteiger partial charge is 0.168 e. The summed E-state index contributed by atoms with van der Waals surface area (Å²) in [6, 6.07) is 5.08. The molecule has 0 radical (unpaired) electrons. The highest BCUT2D eigenvalue weighted by Gasteiger charge is 2.23. The molecule has 1 rings (SSSR count). The lowest BCUT2D eigenvalue weighted by molar-refractivity contribution is 0.0858. The van der Waals surface area contributed by atoms with Crippen molar-refractivity contribution in [2.45, 2.75) is 20.8 Å². The van der Waals surface area contributed by atoms with Crippen LogP contribution in [0, 0.1) is 5.41 Å². The van der Waals surface area contributed by atoms with Crippen LogP contribution in [0.5, 0.6) is 5.75 Å². The van der Waals surface area contributed by atoms with E-state index in [2.05, 4.69) is 0 Å². The van der Waals surface area contributed by atoms with Gasteiger partial charge in [-0.1, -0.05) is 32.4 Å². The van der Waals surface area contributed by atoms with Crippen molar-refractivity contribution < 1.29 is 9.53 Å². The number of ether oxygens (including phenoxy) is 1. The van der Waals surface area contributed by atoms with Gasteiger partial charge in [0.05, 0.1) is 12.1 Å². The van der Waals surface area contributed by atoms with Gasteiger partial charge in [-0.15, -0.1) is 0 Å². The quantitative estimate of drug-likeness (QED) is 0.721. The zero-order valence-corrected chi connectivity index (χ0v) is 10.2. The predicted molar refractivity (Wildman–Crippen MR) is 61.8 cm³/mol. The highest BCUT2D eigenvalue weighted by molar-refractivity contribution is 6.32. The highest BCUT2D eigenvalue weighted by atomic mass is 35.5. The number of hydrogen-bond donors (Lipinski definition) is 0. The van der Waals surface area contributed by atoms with Gasteiger partial charge in [-0.05, 0) is 18.2 Å². The summed E-state index contributed by atoms with van der Waals surface area (Å²) < 4.78 is 5.06. The summed E-state index contributed by atoms with van der Waals surface area (Å²) in [7, 11) is 1.53. The largest absolute Gasteiger partial charge is 0.495 e. The number of rotatable bonds is 2. The molecule has 0 aliphatic heterocycles. The van der Waals surface area contributed by atoms with Crippen LogP contribution in [0.1, 0.15) is 31.1 Å². The molecule has 0 bridgehead atoms. The molecule has 0 N–H and O–H groups in total. The van der Waals surface area contributed by atoms with Crippen LogP contribution in [0.3, 0.4) is 0 Å². The molecule has 0 aliphatic rings. The van der Waals surface area contributed by atoms with Gasteiger partial charge in [0.1, 0.15) is 5.75 Å². The van der Waals surface area contributed by atoms with Crippen LogP contribution in [0.15, 0.2) is 18.2 Å². The molecule has 0 atom stereocenters. The van der Waals surface area contributed by atoms with Gasteiger partial charge < -0.3 is 4.74 Å². The molecule has 3 heteroatoms. The summed E-state index contributed by atoms with van der Waals surface area (Å²) in [5.41, 5.74) is 0.238. The lowest BCUT2D eigenvalue weighted by Crippen LogP contribution is -2.20. The summed E-state index contributed by atoms with van der Waals surface area (Å²) in [5, 5.41) is 0.517. The van der Waals surface area contributed by atoms with Gasteiger partial charge in [0.2, 0.25) is 0 Å². The van der Waals surface area contributed by atoms with Crippen LogP contribution in [0.4, 0.5) is 0 Å². The van der Waals surface area contributed by atoms with Gasteiger partial charge in [-0.3, -0.25) is 4.79 Å². The average molecular weight is 227 g/mol. The Morgan fingerprint density at radius 1 is 1.33 bits per heavy atom. The maximum atomic E-state index is 11.9. The minimum atomic E-state index is -0.390. The zero-order valence-electron chi connectivity index (χ0n) is 9.43. The fourth-order valence-electron chi connectivity index (χ4n) is 1.23. The maximum absolute atomic E-state index is 11.9. The van der Waals surface area contributed by atoms with E-state index in [1.54, 1.807) is 18.2 Å². The third-order valence-electron chi connectivity index (χ3n) is 2.09. The molecule has 1 aromatic rings. The Morgan fingerprint density at radius 3 is 2.40 bits per heavy atom. The fraction of sp³-hybridized carbons (Fsp3) is 0.417. The first-order valence-corrected chi connectivity index (χ1v) is 5.12. The van der Waals surface area contributed by atoms with Gasteiger partial charge >= 0.3 is 0 Å². The third-order valence-corrected chi connectivity index (χ3v) is 2.41. The Kier molecular flexibility index (Phi) is 3.40. The number of methoxy groups -OCH3 is 1. The molecule has 1 aromatic carbocycles. The van der Waals surface area contributed by atoms with Crippen LogP contribution in [-0.4, -0.2) is 12.9 Å². The number of ketones is 1. The molecular formula is C12H15ClO2. The van der Waals surface area contributed by atoms with E-state index in [0.29, 0.717) is 16.3 Å². The van der Waals surface area contributed by atoms with E-state index in [1.165, 1.54) is 7.11 Å². The van der Waals surface area contributed by atoms with Crippen molar-refractivity contribution in [3.63, 3.8) is 0 Å². The monoisotopic (exact) mass is 226 g/mol. The number of benzene rings is 1. The van der Waals surface area contributed by atoms with E-state index in [9.17, 15) is 4.79 Å². The molecule has 15 heavy (non-hydrogen) atoms. The summed E-state index contributed by atoms with van der Waals surface area (Å²) in [6.07, 6.45) is 0. The van der Waals surface area contributed by atoms with E-state index < -0.39 is 5.41 Å². The number of carbonyl (C=O) groups excluding carboxylic acids is 1. The van der Waals surface area contributed by atoms with Crippen LogP contribution in [0.25, 0.3) is 0 Å². The molecule has 0 amide bonds. The lowest BCUT2D eigenvalue weighted by Gasteiger charge is -2.17.